The summed E-state index contributed by atoms with van der Waals surface area (Å²) >= 11 is 1.77. The first-order valence-electron chi connectivity index (χ1n) is 9.36. The van der Waals surface area contributed by atoms with Gasteiger partial charge in [-0.1, -0.05) is 30.3 Å². The minimum atomic E-state index is -0.224. The molecule has 0 unspecified atom stereocenters. The largest absolute Gasteiger partial charge is 0.347 e. The lowest BCUT2D eigenvalue weighted by atomic mass is 9.71. The lowest BCUT2D eigenvalue weighted by molar-refractivity contribution is -0.135. The third-order valence-corrected chi connectivity index (χ3v) is 6.66. The molecule has 2 aromatic rings. The van der Waals surface area contributed by atoms with Crippen LogP contribution in [0, 0.1) is 0 Å². The van der Waals surface area contributed by atoms with Crippen LogP contribution >= 0.6 is 11.3 Å². The topological polar surface area (TPSA) is 49.4 Å². The second-order valence-electron chi connectivity index (χ2n) is 7.28. The average Bonchev–Trinajstić information content (AvgIpc) is 3.11. The fourth-order valence-electron chi connectivity index (χ4n) is 3.94. The van der Waals surface area contributed by atoms with Gasteiger partial charge in [0.25, 0.3) is 0 Å². The standard InChI is InChI=1S/C21H24N2O2S/c24-19(22-21(11-4-12-21)17-5-2-1-3-6-17)7-8-20(25)23-13-9-18-16(15-23)10-14-26-18/h1-3,5-6,10,14H,4,7-9,11-13,15H2,(H,22,24). The minimum Gasteiger partial charge on any atom is -0.347 e. The van der Waals surface area contributed by atoms with Gasteiger partial charge in [0, 0.05) is 30.8 Å². The van der Waals surface area contributed by atoms with Crippen molar-refractivity contribution in [2.24, 2.45) is 0 Å². The smallest absolute Gasteiger partial charge is 0.223 e. The Labute approximate surface area is 158 Å². The molecule has 5 heteroatoms. The number of rotatable bonds is 5. The molecule has 2 heterocycles. The van der Waals surface area contributed by atoms with Gasteiger partial charge in [0.15, 0.2) is 0 Å². The van der Waals surface area contributed by atoms with Gasteiger partial charge in [-0.2, -0.15) is 0 Å². The fourth-order valence-corrected chi connectivity index (χ4v) is 4.83. The van der Waals surface area contributed by atoms with Crippen LogP contribution in [0.3, 0.4) is 0 Å². The van der Waals surface area contributed by atoms with E-state index in [9.17, 15) is 9.59 Å². The van der Waals surface area contributed by atoms with E-state index < -0.39 is 0 Å². The molecule has 1 saturated carbocycles. The number of nitrogens with one attached hydrogen (secondary N) is 1. The summed E-state index contributed by atoms with van der Waals surface area (Å²) in [5, 5.41) is 5.30. The summed E-state index contributed by atoms with van der Waals surface area (Å²) in [6.07, 6.45) is 4.57. The van der Waals surface area contributed by atoms with E-state index in [-0.39, 0.29) is 30.2 Å². The van der Waals surface area contributed by atoms with Crippen molar-refractivity contribution in [1.82, 2.24) is 10.2 Å². The van der Waals surface area contributed by atoms with E-state index in [4.69, 9.17) is 0 Å². The predicted octanol–water partition coefficient (Wildman–Crippen LogP) is 3.61. The molecule has 1 fully saturated rings. The first-order valence-corrected chi connectivity index (χ1v) is 10.2. The van der Waals surface area contributed by atoms with Gasteiger partial charge in [0.05, 0.1) is 5.54 Å². The molecule has 1 aliphatic heterocycles. The van der Waals surface area contributed by atoms with Gasteiger partial charge in [0.1, 0.15) is 0 Å². The van der Waals surface area contributed by atoms with Crippen LogP contribution in [0.5, 0.6) is 0 Å². The van der Waals surface area contributed by atoms with Gasteiger partial charge in [-0.05, 0) is 48.3 Å². The maximum absolute atomic E-state index is 12.5. The van der Waals surface area contributed by atoms with Crippen molar-refractivity contribution in [3.8, 4) is 0 Å². The zero-order valence-corrected chi connectivity index (χ0v) is 15.7. The molecule has 1 aliphatic carbocycles. The molecule has 1 aromatic heterocycles. The summed E-state index contributed by atoms with van der Waals surface area (Å²) < 4.78 is 0. The average molecular weight is 369 g/mol. The molecule has 4 rings (SSSR count). The van der Waals surface area contributed by atoms with Crippen molar-refractivity contribution in [2.75, 3.05) is 6.54 Å². The van der Waals surface area contributed by atoms with Gasteiger partial charge in [-0.15, -0.1) is 11.3 Å². The van der Waals surface area contributed by atoms with Gasteiger partial charge in [-0.3, -0.25) is 9.59 Å². The number of thiophene rings is 1. The van der Waals surface area contributed by atoms with E-state index in [0.717, 1.165) is 32.2 Å². The number of hydrogen-bond donors (Lipinski definition) is 1. The van der Waals surface area contributed by atoms with E-state index in [1.807, 2.05) is 23.1 Å². The second kappa shape index (κ2) is 7.23. The van der Waals surface area contributed by atoms with Crippen molar-refractivity contribution in [1.29, 1.82) is 0 Å². The van der Waals surface area contributed by atoms with Crippen molar-refractivity contribution in [3.05, 3.63) is 57.8 Å². The maximum Gasteiger partial charge on any atom is 0.223 e. The third kappa shape index (κ3) is 3.40. The Morgan fingerprint density at radius 2 is 1.92 bits per heavy atom. The Bertz CT molecular complexity index is 795. The summed E-state index contributed by atoms with van der Waals surface area (Å²) in [6, 6.07) is 12.3. The maximum atomic E-state index is 12.5. The highest BCUT2D eigenvalue weighted by Gasteiger charge is 2.39. The minimum absolute atomic E-state index is 0.0184. The Morgan fingerprint density at radius 3 is 2.65 bits per heavy atom. The Kier molecular flexibility index (Phi) is 4.81. The van der Waals surface area contributed by atoms with Crippen LogP contribution in [-0.4, -0.2) is 23.3 Å². The van der Waals surface area contributed by atoms with Gasteiger partial charge < -0.3 is 10.2 Å². The molecular weight excluding hydrogens is 344 g/mol. The van der Waals surface area contributed by atoms with Crippen molar-refractivity contribution >= 4 is 23.2 Å². The molecule has 2 aliphatic rings. The molecular formula is C21H24N2O2S. The molecule has 2 amide bonds. The van der Waals surface area contributed by atoms with Gasteiger partial charge in [0.2, 0.25) is 11.8 Å². The van der Waals surface area contributed by atoms with Crippen LogP contribution in [0.4, 0.5) is 0 Å². The van der Waals surface area contributed by atoms with Crippen LogP contribution in [0.15, 0.2) is 41.8 Å². The SMILES string of the molecule is O=C(CCC(=O)N1CCc2sccc2C1)NC1(c2ccccc2)CCC1. The summed E-state index contributed by atoms with van der Waals surface area (Å²) in [4.78, 5) is 28.3. The quantitative estimate of drug-likeness (QED) is 0.876. The van der Waals surface area contributed by atoms with Crippen LogP contribution in [-0.2, 0) is 28.1 Å². The molecule has 0 spiro atoms. The highest BCUT2D eigenvalue weighted by Crippen LogP contribution is 2.41. The lowest BCUT2D eigenvalue weighted by Crippen LogP contribution is -2.51. The summed E-state index contributed by atoms with van der Waals surface area (Å²) in [6.45, 7) is 1.45. The highest BCUT2D eigenvalue weighted by atomic mass is 32.1. The van der Waals surface area contributed by atoms with Crippen molar-refractivity contribution in [2.45, 2.75) is 50.6 Å². The molecule has 0 bridgehead atoms. The lowest BCUT2D eigenvalue weighted by Gasteiger charge is -2.43. The van der Waals surface area contributed by atoms with Crippen LogP contribution in [0.2, 0.25) is 0 Å². The highest BCUT2D eigenvalue weighted by molar-refractivity contribution is 7.10. The fraction of sp³-hybridized carbons (Fsp3) is 0.429. The number of amides is 2. The molecule has 136 valence electrons. The predicted molar refractivity (Wildman–Crippen MR) is 103 cm³/mol. The number of carbonyl (C=O) groups excluding carboxylic acids is 2. The van der Waals surface area contributed by atoms with E-state index in [1.165, 1.54) is 16.0 Å². The van der Waals surface area contributed by atoms with E-state index in [0.29, 0.717) is 6.54 Å². The number of fused-ring (bicyclic) bond motifs is 1. The zero-order chi connectivity index (χ0) is 18.0. The van der Waals surface area contributed by atoms with E-state index >= 15 is 0 Å². The number of hydrogen-bond acceptors (Lipinski definition) is 3. The monoisotopic (exact) mass is 368 g/mol. The van der Waals surface area contributed by atoms with Crippen molar-refractivity contribution < 1.29 is 9.59 Å². The molecule has 0 atom stereocenters. The first kappa shape index (κ1) is 17.3. The Hall–Kier alpha value is -2.14. The summed E-state index contributed by atoms with van der Waals surface area (Å²) in [5.41, 5.74) is 2.21. The zero-order valence-electron chi connectivity index (χ0n) is 14.9. The third-order valence-electron chi connectivity index (χ3n) is 5.64. The normalized spacial score (nSPS) is 17.9. The molecule has 26 heavy (non-hydrogen) atoms. The summed E-state index contributed by atoms with van der Waals surface area (Å²) in [5.74, 6) is 0.0644. The van der Waals surface area contributed by atoms with E-state index in [2.05, 4.69) is 28.9 Å². The molecule has 1 aromatic carbocycles. The van der Waals surface area contributed by atoms with Gasteiger partial charge >= 0.3 is 0 Å². The first-order chi connectivity index (χ1) is 12.7. The number of carbonyl (C=O) groups is 2. The van der Waals surface area contributed by atoms with E-state index in [1.54, 1.807) is 11.3 Å². The molecule has 0 radical (unpaired) electrons. The molecule has 0 saturated heterocycles. The Morgan fingerprint density at radius 1 is 1.12 bits per heavy atom. The second-order valence-corrected chi connectivity index (χ2v) is 8.28. The summed E-state index contributed by atoms with van der Waals surface area (Å²) in [7, 11) is 0. The van der Waals surface area contributed by atoms with Gasteiger partial charge in [-0.25, -0.2) is 0 Å². The Balaban J connectivity index is 1.31. The van der Waals surface area contributed by atoms with Crippen LogP contribution < -0.4 is 5.32 Å². The van der Waals surface area contributed by atoms with Crippen LogP contribution in [0.25, 0.3) is 0 Å². The number of benzene rings is 1. The molecule has 4 nitrogen and oxygen atoms in total. The van der Waals surface area contributed by atoms with Crippen LogP contribution in [0.1, 0.15) is 48.1 Å². The number of nitrogens with zero attached hydrogens (tertiary/aromatic N) is 1. The molecule has 1 N–H and O–H groups in total. The van der Waals surface area contributed by atoms with Crippen molar-refractivity contribution in [3.63, 3.8) is 0 Å².